The maximum Gasteiger partial charge on any atom is 0.227 e. The van der Waals surface area contributed by atoms with Crippen LogP contribution in [0.25, 0.3) is 0 Å². The first-order chi connectivity index (χ1) is 18.0. The van der Waals surface area contributed by atoms with Gasteiger partial charge in [-0.15, -0.1) is 0 Å². The summed E-state index contributed by atoms with van der Waals surface area (Å²) in [6.07, 6.45) is 9.39. The predicted octanol–water partition coefficient (Wildman–Crippen LogP) is 6.26. The number of hydrogen-bond acceptors (Lipinski definition) is 3. The quantitative estimate of drug-likeness (QED) is 0.484. The lowest BCUT2D eigenvalue weighted by Gasteiger charge is -2.62. The number of benzene rings is 1. The molecule has 5 aliphatic rings. The Bertz CT molecular complexity index is 1090. The van der Waals surface area contributed by atoms with E-state index in [4.69, 9.17) is 0 Å². The van der Waals surface area contributed by atoms with Crippen LogP contribution in [-0.2, 0) is 11.2 Å². The fraction of sp³-hybridized carbons (Fsp3) is 0.781. The highest BCUT2D eigenvalue weighted by Crippen LogP contribution is 2.68. The second kappa shape index (κ2) is 9.54. The number of aliphatic hydroxyl groups excluding tert-OH is 2. The topological polar surface area (TPSA) is 60.8 Å². The maximum absolute atomic E-state index is 14.2. The molecule has 1 heterocycles. The summed E-state index contributed by atoms with van der Waals surface area (Å²) in [6.45, 7) is 7.61. The molecule has 2 N–H and O–H groups in total. The van der Waals surface area contributed by atoms with Crippen LogP contribution in [0.4, 0.5) is 14.5 Å². The molecule has 0 radical (unpaired) electrons. The zero-order valence-corrected chi connectivity index (χ0v) is 23.3. The van der Waals surface area contributed by atoms with E-state index in [9.17, 15) is 23.8 Å². The molecule has 4 nitrogen and oxygen atoms in total. The summed E-state index contributed by atoms with van der Waals surface area (Å²) in [5.41, 5.74) is 1.25. The Morgan fingerprint density at radius 3 is 2.58 bits per heavy atom. The van der Waals surface area contributed by atoms with Crippen LogP contribution in [-0.4, -0.2) is 34.9 Å². The molecule has 38 heavy (non-hydrogen) atoms. The summed E-state index contributed by atoms with van der Waals surface area (Å²) in [6, 6.07) is 2.20. The van der Waals surface area contributed by atoms with Gasteiger partial charge >= 0.3 is 0 Å². The van der Waals surface area contributed by atoms with E-state index in [1.165, 1.54) is 12.5 Å². The highest BCUT2D eigenvalue weighted by atomic mass is 19.1. The number of carbonyl (C=O) groups is 1. The molecule has 6 heteroatoms. The number of nitrogens with zero attached hydrogens (tertiary/aromatic N) is 1. The minimum Gasteiger partial charge on any atom is -0.393 e. The molecule has 1 amide bonds. The fourth-order valence-corrected chi connectivity index (χ4v) is 10.5. The summed E-state index contributed by atoms with van der Waals surface area (Å²) < 4.78 is 28.0. The standard InChI is InChI=1S/C32H45F2NO3/c1-18(4-7-29(38)35-13-10-22-26(34)16-20(33)17-27(22)35)23-5-6-24-30-25(9-12-32(23,24)3)31(2)11-8-21(36)14-19(31)15-28(30)37/h16-19,21,23-25,28,30,36-37H,4-15H2,1-3H3/t18-,19+,21-,23-,24+,25+,28+,30+,31+,32-/m1/s1. The van der Waals surface area contributed by atoms with Crippen molar-refractivity contribution in [3.05, 3.63) is 29.3 Å². The number of amides is 1. The first kappa shape index (κ1) is 26.7. The van der Waals surface area contributed by atoms with Crippen LogP contribution in [0, 0.1) is 58.0 Å². The molecule has 4 saturated carbocycles. The van der Waals surface area contributed by atoms with E-state index >= 15 is 0 Å². The van der Waals surface area contributed by atoms with Gasteiger partial charge in [-0.3, -0.25) is 4.79 Å². The van der Waals surface area contributed by atoms with Crippen LogP contribution in [0.3, 0.4) is 0 Å². The van der Waals surface area contributed by atoms with E-state index in [2.05, 4.69) is 20.8 Å². The zero-order valence-electron chi connectivity index (χ0n) is 23.3. The Labute approximate surface area is 226 Å². The molecular weight excluding hydrogens is 484 g/mol. The van der Waals surface area contributed by atoms with Gasteiger partial charge in [-0.05, 0) is 117 Å². The number of carbonyl (C=O) groups excluding carboxylic acids is 1. The van der Waals surface area contributed by atoms with Gasteiger partial charge in [0.25, 0.3) is 0 Å². The summed E-state index contributed by atoms with van der Waals surface area (Å²) in [7, 11) is 0. The molecule has 0 unspecified atom stereocenters. The van der Waals surface area contributed by atoms with Gasteiger partial charge in [0.2, 0.25) is 5.91 Å². The van der Waals surface area contributed by atoms with Crippen molar-refractivity contribution in [1.82, 2.24) is 0 Å². The van der Waals surface area contributed by atoms with Gasteiger partial charge < -0.3 is 15.1 Å². The first-order valence-corrected chi connectivity index (χ1v) is 15.2. The Balaban J connectivity index is 1.13. The third-order valence-electron chi connectivity index (χ3n) is 12.5. The normalized spacial score (nSPS) is 42.7. The molecule has 0 aromatic heterocycles. The smallest absolute Gasteiger partial charge is 0.227 e. The molecule has 1 aliphatic heterocycles. The van der Waals surface area contributed by atoms with Crippen LogP contribution in [0.5, 0.6) is 0 Å². The Morgan fingerprint density at radius 1 is 1.05 bits per heavy atom. The molecule has 4 aliphatic carbocycles. The average molecular weight is 530 g/mol. The molecule has 1 aromatic carbocycles. The highest BCUT2D eigenvalue weighted by Gasteiger charge is 2.62. The SMILES string of the molecule is C[C@H](CCC(=O)N1CCc2c(F)cc(F)cc21)[C@H]1CC[C@H]2[C@@H]3[C@@H](O)C[C@@H]4C[C@H](O)CC[C@]4(C)[C@H]3CC[C@]12C. The minimum atomic E-state index is -0.635. The zero-order chi connectivity index (χ0) is 27.0. The number of rotatable bonds is 4. The molecular formula is C32H45F2NO3. The van der Waals surface area contributed by atoms with Crippen LogP contribution in [0.1, 0.15) is 90.5 Å². The van der Waals surface area contributed by atoms with Gasteiger partial charge in [-0.2, -0.15) is 0 Å². The third kappa shape index (κ3) is 4.06. The minimum absolute atomic E-state index is 0.0369. The van der Waals surface area contributed by atoms with Crippen LogP contribution in [0.2, 0.25) is 0 Å². The van der Waals surface area contributed by atoms with Gasteiger partial charge in [-0.1, -0.05) is 20.8 Å². The number of halogens is 2. The summed E-state index contributed by atoms with van der Waals surface area (Å²) in [5.74, 6) is 1.49. The van der Waals surface area contributed by atoms with Crippen molar-refractivity contribution in [2.75, 3.05) is 11.4 Å². The molecule has 10 atom stereocenters. The average Bonchev–Trinajstić information content (AvgIpc) is 3.44. The molecule has 6 rings (SSSR count). The molecule has 0 bridgehead atoms. The molecule has 0 spiro atoms. The monoisotopic (exact) mass is 529 g/mol. The Morgan fingerprint density at radius 2 is 1.79 bits per heavy atom. The lowest BCUT2D eigenvalue weighted by molar-refractivity contribution is -0.174. The Kier molecular flexibility index (Phi) is 6.70. The number of anilines is 1. The van der Waals surface area contributed by atoms with Crippen molar-refractivity contribution in [2.24, 2.45) is 46.3 Å². The van der Waals surface area contributed by atoms with E-state index in [1.807, 2.05) is 0 Å². The van der Waals surface area contributed by atoms with Gasteiger partial charge in [0.1, 0.15) is 11.6 Å². The number of hydrogen-bond donors (Lipinski definition) is 2. The molecule has 4 fully saturated rings. The first-order valence-electron chi connectivity index (χ1n) is 15.2. The van der Waals surface area contributed by atoms with Gasteiger partial charge in [0, 0.05) is 24.6 Å². The van der Waals surface area contributed by atoms with Crippen molar-refractivity contribution in [1.29, 1.82) is 0 Å². The van der Waals surface area contributed by atoms with Crippen molar-refractivity contribution in [2.45, 2.75) is 104 Å². The van der Waals surface area contributed by atoms with E-state index in [0.717, 1.165) is 57.4 Å². The van der Waals surface area contributed by atoms with Crippen LogP contribution in [0.15, 0.2) is 12.1 Å². The lowest BCUT2D eigenvalue weighted by atomic mass is 9.43. The highest BCUT2D eigenvalue weighted by molar-refractivity contribution is 5.95. The van der Waals surface area contributed by atoms with E-state index in [1.54, 1.807) is 4.90 Å². The van der Waals surface area contributed by atoms with Crippen LogP contribution < -0.4 is 4.90 Å². The van der Waals surface area contributed by atoms with Gasteiger partial charge in [-0.25, -0.2) is 8.78 Å². The number of fused-ring (bicyclic) bond motifs is 6. The lowest BCUT2D eigenvalue weighted by Crippen LogP contribution is -2.58. The molecule has 0 saturated heterocycles. The second-order valence-electron chi connectivity index (χ2n) is 14.1. The van der Waals surface area contributed by atoms with Crippen molar-refractivity contribution in [3.63, 3.8) is 0 Å². The third-order valence-corrected chi connectivity index (χ3v) is 12.5. The van der Waals surface area contributed by atoms with Crippen LogP contribution >= 0.6 is 0 Å². The Hall–Kier alpha value is -1.53. The molecule has 210 valence electrons. The van der Waals surface area contributed by atoms with Crippen molar-refractivity contribution in [3.8, 4) is 0 Å². The summed E-state index contributed by atoms with van der Waals surface area (Å²) >= 11 is 0. The summed E-state index contributed by atoms with van der Waals surface area (Å²) in [4.78, 5) is 14.7. The van der Waals surface area contributed by atoms with Crippen molar-refractivity contribution < 1.29 is 23.8 Å². The van der Waals surface area contributed by atoms with E-state index in [-0.39, 0.29) is 28.9 Å². The molecule has 1 aromatic rings. The maximum atomic E-state index is 14.2. The fourth-order valence-electron chi connectivity index (χ4n) is 10.5. The summed E-state index contributed by atoms with van der Waals surface area (Å²) in [5, 5.41) is 21.8. The van der Waals surface area contributed by atoms with Crippen molar-refractivity contribution >= 4 is 11.6 Å². The van der Waals surface area contributed by atoms with Gasteiger partial charge in [0.05, 0.1) is 17.9 Å². The van der Waals surface area contributed by atoms with E-state index < -0.39 is 11.6 Å². The largest absolute Gasteiger partial charge is 0.393 e. The van der Waals surface area contributed by atoms with Gasteiger partial charge in [0.15, 0.2) is 0 Å². The second-order valence-corrected chi connectivity index (χ2v) is 14.1. The number of aliphatic hydroxyl groups is 2. The van der Waals surface area contributed by atoms with E-state index in [0.29, 0.717) is 66.1 Å². The predicted molar refractivity (Wildman–Crippen MR) is 143 cm³/mol.